The van der Waals surface area contributed by atoms with Gasteiger partial charge in [-0.1, -0.05) is 83.5 Å². The Balaban J connectivity index is 0.000000340. The van der Waals surface area contributed by atoms with Gasteiger partial charge in [0.2, 0.25) is 0 Å². The lowest BCUT2D eigenvalue weighted by Gasteiger charge is -2.55. The van der Waals surface area contributed by atoms with Gasteiger partial charge in [-0.05, 0) is 34.9 Å². The van der Waals surface area contributed by atoms with E-state index in [9.17, 15) is 0 Å². The Morgan fingerprint density at radius 1 is 0.950 bits per heavy atom. The lowest BCUT2D eigenvalue weighted by atomic mass is 9.48. The highest BCUT2D eigenvalue weighted by atomic mass is 14.6. The second-order valence-electron chi connectivity index (χ2n) is 5.97. The smallest absolute Gasteiger partial charge is 0.0205 e. The molecule has 2 unspecified atom stereocenters. The summed E-state index contributed by atoms with van der Waals surface area (Å²) in [6.45, 7) is 12.9. The Labute approximate surface area is 124 Å². The highest BCUT2D eigenvalue weighted by molar-refractivity contribution is 5.69. The van der Waals surface area contributed by atoms with Crippen LogP contribution >= 0.6 is 0 Å². The molecule has 1 aromatic rings. The molecule has 0 spiro atoms. The first-order chi connectivity index (χ1) is 9.65. The van der Waals surface area contributed by atoms with Gasteiger partial charge in [0, 0.05) is 5.41 Å². The summed E-state index contributed by atoms with van der Waals surface area (Å²) in [4.78, 5) is 0. The maximum Gasteiger partial charge on any atom is 0.0205 e. The van der Waals surface area contributed by atoms with Crippen molar-refractivity contribution in [3.63, 3.8) is 0 Å². The Kier molecular flexibility index (Phi) is 3.95. The van der Waals surface area contributed by atoms with Crippen LogP contribution in [0.15, 0.2) is 35.9 Å². The third kappa shape index (κ3) is 1.67. The SMILES string of the molecule is CC.CC.CC12CC3=CC=Cc4cccc(c4C31C)C2. The van der Waals surface area contributed by atoms with Crippen molar-refractivity contribution in [3.05, 3.63) is 52.6 Å². The number of hydrogen-bond donors (Lipinski definition) is 0. The van der Waals surface area contributed by atoms with Gasteiger partial charge in [-0.25, -0.2) is 0 Å². The monoisotopic (exact) mass is 268 g/mol. The van der Waals surface area contributed by atoms with Crippen molar-refractivity contribution < 1.29 is 0 Å². The Bertz CT molecular complexity index is 561. The average Bonchev–Trinajstić information content (AvgIpc) is 2.59. The number of rotatable bonds is 0. The zero-order chi connectivity index (χ0) is 15.0. The molecule has 0 aromatic heterocycles. The lowest BCUT2D eigenvalue weighted by molar-refractivity contribution is 0.123. The quantitative estimate of drug-likeness (QED) is 0.548. The summed E-state index contributed by atoms with van der Waals surface area (Å²) in [5.74, 6) is 0. The van der Waals surface area contributed by atoms with E-state index in [4.69, 9.17) is 0 Å². The van der Waals surface area contributed by atoms with E-state index in [1.165, 1.54) is 18.4 Å². The molecule has 2 atom stereocenters. The van der Waals surface area contributed by atoms with E-state index in [1.807, 2.05) is 27.7 Å². The van der Waals surface area contributed by atoms with E-state index in [0.29, 0.717) is 10.8 Å². The van der Waals surface area contributed by atoms with Gasteiger partial charge in [0.05, 0.1) is 0 Å². The highest BCUT2D eigenvalue weighted by Gasteiger charge is 2.62. The first kappa shape index (κ1) is 15.1. The molecular formula is C20H28. The first-order valence-corrected chi connectivity index (χ1v) is 8.15. The van der Waals surface area contributed by atoms with Crippen LogP contribution in [0.25, 0.3) is 6.08 Å². The average molecular weight is 268 g/mol. The van der Waals surface area contributed by atoms with Crippen LogP contribution in [0.1, 0.15) is 64.7 Å². The molecule has 0 radical (unpaired) electrons. The van der Waals surface area contributed by atoms with Crippen LogP contribution in [0, 0.1) is 5.41 Å². The molecular weight excluding hydrogens is 240 g/mol. The summed E-state index contributed by atoms with van der Waals surface area (Å²) in [5.41, 5.74) is 7.07. The fourth-order valence-electron chi connectivity index (χ4n) is 4.19. The molecule has 1 fully saturated rings. The molecule has 0 N–H and O–H groups in total. The van der Waals surface area contributed by atoms with Crippen LogP contribution in [-0.4, -0.2) is 0 Å². The third-order valence-electron chi connectivity index (χ3n) is 5.27. The molecule has 4 rings (SSSR count). The van der Waals surface area contributed by atoms with Crippen LogP contribution in [-0.2, 0) is 11.8 Å². The molecule has 1 saturated carbocycles. The van der Waals surface area contributed by atoms with E-state index >= 15 is 0 Å². The molecule has 0 aliphatic heterocycles. The molecule has 0 heteroatoms. The summed E-state index contributed by atoms with van der Waals surface area (Å²) >= 11 is 0. The zero-order valence-electron chi connectivity index (χ0n) is 13.9. The molecule has 0 bridgehead atoms. The molecule has 1 aromatic carbocycles. The summed E-state index contributed by atoms with van der Waals surface area (Å²) in [6.07, 6.45) is 9.39. The Morgan fingerprint density at radius 2 is 1.65 bits per heavy atom. The van der Waals surface area contributed by atoms with Gasteiger partial charge in [0.15, 0.2) is 0 Å². The highest BCUT2D eigenvalue weighted by Crippen LogP contribution is 2.68. The summed E-state index contributed by atoms with van der Waals surface area (Å²) < 4.78 is 0. The van der Waals surface area contributed by atoms with Gasteiger partial charge < -0.3 is 0 Å². The maximum atomic E-state index is 2.46. The Morgan fingerprint density at radius 3 is 2.35 bits per heavy atom. The van der Waals surface area contributed by atoms with Crippen LogP contribution in [0.2, 0.25) is 0 Å². The zero-order valence-corrected chi connectivity index (χ0v) is 13.9. The van der Waals surface area contributed by atoms with E-state index in [1.54, 1.807) is 16.7 Å². The van der Waals surface area contributed by atoms with Crippen molar-refractivity contribution in [2.75, 3.05) is 0 Å². The predicted molar refractivity (Wildman–Crippen MR) is 90.0 cm³/mol. The molecule has 20 heavy (non-hydrogen) atoms. The maximum absolute atomic E-state index is 2.46. The molecule has 3 aliphatic carbocycles. The molecule has 0 saturated heterocycles. The van der Waals surface area contributed by atoms with Gasteiger partial charge in [-0.15, -0.1) is 0 Å². The van der Waals surface area contributed by atoms with Gasteiger partial charge in [0.1, 0.15) is 0 Å². The van der Waals surface area contributed by atoms with Crippen LogP contribution in [0.4, 0.5) is 0 Å². The van der Waals surface area contributed by atoms with Gasteiger partial charge >= 0.3 is 0 Å². The molecule has 0 nitrogen and oxygen atoms in total. The fraction of sp³-hybridized carbons (Fsp3) is 0.500. The second-order valence-corrected chi connectivity index (χ2v) is 5.97. The standard InChI is InChI=1S/C16H16.2C2H6/c1-15-9-12-7-3-5-11-6-4-8-13(10-15)16(15,2)14(11)12;2*1-2/h3-8H,9-10H2,1-2H3;2*1-2H3. The van der Waals surface area contributed by atoms with Gasteiger partial charge in [0.25, 0.3) is 0 Å². The van der Waals surface area contributed by atoms with E-state index in [0.717, 1.165) is 0 Å². The van der Waals surface area contributed by atoms with Crippen LogP contribution in [0.3, 0.4) is 0 Å². The Hall–Kier alpha value is -1.30. The van der Waals surface area contributed by atoms with Crippen molar-refractivity contribution in [2.24, 2.45) is 5.41 Å². The topological polar surface area (TPSA) is 0 Å². The van der Waals surface area contributed by atoms with Crippen molar-refractivity contribution in [1.82, 2.24) is 0 Å². The number of hydrogen-bond acceptors (Lipinski definition) is 0. The van der Waals surface area contributed by atoms with Crippen molar-refractivity contribution >= 4 is 6.08 Å². The largest absolute Gasteiger partial charge is 0.0683 e. The summed E-state index contributed by atoms with van der Waals surface area (Å²) in [6, 6.07) is 6.80. The van der Waals surface area contributed by atoms with Crippen molar-refractivity contribution in [3.8, 4) is 0 Å². The van der Waals surface area contributed by atoms with Crippen molar-refractivity contribution in [1.29, 1.82) is 0 Å². The van der Waals surface area contributed by atoms with E-state index in [-0.39, 0.29) is 0 Å². The summed E-state index contributed by atoms with van der Waals surface area (Å²) in [5, 5.41) is 0. The van der Waals surface area contributed by atoms with E-state index in [2.05, 4.69) is 50.3 Å². The van der Waals surface area contributed by atoms with Gasteiger partial charge in [-0.2, -0.15) is 0 Å². The van der Waals surface area contributed by atoms with Crippen LogP contribution < -0.4 is 0 Å². The minimum Gasteiger partial charge on any atom is -0.0683 e. The number of allylic oxidation sites excluding steroid dienone is 3. The van der Waals surface area contributed by atoms with Crippen LogP contribution in [0.5, 0.6) is 0 Å². The normalized spacial score (nSPS) is 30.6. The summed E-state index contributed by atoms with van der Waals surface area (Å²) in [7, 11) is 0. The first-order valence-electron chi connectivity index (χ1n) is 8.15. The van der Waals surface area contributed by atoms with Gasteiger partial charge in [-0.3, -0.25) is 0 Å². The molecule has 0 heterocycles. The number of benzene rings is 1. The lowest BCUT2D eigenvalue weighted by Crippen LogP contribution is -2.50. The minimum absolute atomic E-state index is 0.322. The molecule has 0 amide bonds. The molecule has 108 valence electrons. The van der Waals surface area contributed by atoms with Crippen molar-refractivity contribution in [2.45, 2.75) is 59.8 Å². The molecule has 3 aliphatic rings. The third-order valence-corrected chi connectivity index (χ3v) is 5.27. The fourth-order valence-corrected chi connectivity index (χ4v) is 4.19. The van der Waals surface area contributed by atoms with E-state index < -0.39 is 0 Å². The minimum atomic E-state index is 0.322. The second kappa shape index (κ2) is 5.24. The predicted octanol–water partition coefficient (Wildman–Crippen LogP) is 5.92.